The van der Waals surface area contributed by atoms with Crippen LogP contribution < -0.4 is 0 Å². The summed E-state index contributed by atoms with van der Waals surface area (Å²) in [4.78, 5) is 16.9. The highest BCUT2D eigenvalue weighted by Gasteiger charge is 2.21. The fourth-order valence-electron chi connectivity index (χ4n) is 2.23. The van der Waals surface area contributed by atoms with Crippen molar-refractivity contribution in [2.45, 2.75) is 0 Å². The summed E-state index contributed by atoms with van der Waals surface area (Å²) in [7, 11) is 0. The number of aromatic nitrogens is 1. The summed E-state index contributed by atoms with van der Waals surface area (Å²) in [5.41, 5.74) is 0.903. The van der Waals surface area contributed by atoms with Gasteiger partial charge >= 0.3 is 0 Å². The molecule has 0 spiro atoms. The van der Waals surface area contributed by atoms with Crippen LogP contribution >= 0.6 is 0 Å². The Kier molecular flexibility index (Phi) is 2.76. The zero-order chi connectivity index (χ0) is 12.5. The number of amides is 1. The highest BCUT2D eigenvalue weighted by molar-refractivity contribution is 6.06. The molecule has 1 fully saturated rings. The van der Waals surface area contributed by atoms with Gasteiger partial charge in [-0.3, -0.25) is 4.79 Å². The average molecular weight is 248 g/mol. The molecule has 0 saturated carbocycles. The Morgan fingerprint density at radius 1 is 1.33 bits per heavy atom. The van der Waals surface area contributed by atoms with E-state index < -0.39 is 0 Å². The molecule has 1 aliphatic heterocycles. The van der Waals surface area contributed by atoms with Crippen LogP contribution in [0.1, 0.15) is 10.4 Å². The fourth-order valence-corrected chi connectivity index (χ4v) is 2.23. The molecule has 2 aromatic rings. The molecule has 0 bridgehead atoms. The maximum absolute atomic E-state index is 13.5. The van der Waals surface area contributed by atoms with Crippen molar-refractivity contribution in [3.05, 3.63) is 35.8 Å². The zero-order valence-corrected chi connectivity index (χ0v) is 9.78. The highest BCUT2D eigenvalue weighted by Crippen LogP contribution is 2.22. The number of nitrogens with zero attached hydrogens (tertiary/aromatic N) is 1. The normalized spacial score (nSPS) is 16.2. The van der Waals surface area contributed by atoms with Crippen LogP contribution in [0.25, 0.3) is 10.9 Å². The van der Waals surface area contributed by atoms with Crippen LogP contribution in [0.5, 0.6) is 0 Å². The number of hydrogen-bond donors (Lipinski definition) is 1. The lowest BCUT2D eigenvalue weighted by atomic mass is 10.1. The van der Waals surface area contributed by atoms with E-state index >= 15 is 0 Å². The predicted molar refractivity (Wildman–Crippen MR) is 65.0 cm³/mol. The number of fused-ring (bicyclic) bond motifs is 1. The van der Waals surface area contributed by atoms with Crippen molar-refractivity contribution < 1.29 is 13.9 Å². The number of ether oxygens (including phenoxy) is 1. The minimum absolute atomic E-state index is 0.0739. The lowest BCUT2D eigenvalue weighted by molar-refractivity contribution is 0.0304. The van der Waals surface area contributed by atoms with E-state index in [4.69, 9.17) is 4.74 Å². The molecule has 1 aromatic carbocycles. The van der Waals surface area contributed by atoms with Gasteiger partial charge in [-0.25, -0.2) is 4.39 Å². The van der Waals surface area contributed by atoms with Gasteiger partial charge in [-0.15, -0.1) is 0 Å². The van der Waals surface area contributed by atoms with Crippen molar-refractivity contribution >= 4 is 16.8 Å². The van der Waals surface area contributed by atoms with Crippen LogP contribution in [0, 0.1) is 5.82 Å². The SMILES string of the molecule is O=C(c1c[nH]c2c(F)cccc12)N1CCOCC1. The monoisotopic (exact) mass is 248 g/mol. The first-order chi connectivity index (χ1) is 8.77. The van der Waals surface area contributed by atoms with E-state index in [-0.39, 0.29) is 11.7 Å². The Hall–Kier alpha value is -1.88. The second-order valence-corrected chi connectivity index (χ2v) is 4.27. The molecule has 0 atom stereocenters. The Morgan fingerprint density at radius 3 is 2.89 bits per heavy atom. The first-order valence-corrected chi connectivity index (χ1v) is 5.90. The largest absolute Gasteiger partial charge is 0.378 e. The first-order valence-electron chi connectivity index (χ1n) is 5.90. The maximum atomic E-state index is 13.5. The van der Waals surface area contributed by atoms with E-state index in [1.807, 2.05) is 0 Å². The van der Waals surface area contributed by atoms with Crippen LogP contribution in [0.15, 0.2) is 24.4 Å². The van der Waals surface area contributed by atoms with Gasteiger partial charge in [0.2, 0.25) is 0 Å². The van der Waals surface area contributed by atoms with E-state index in [1.165, 1.54) is 6.07 Å². The molecular weight excluding hydrogens is 235 g/mol. The van der Waals surface area contributed by atoms with Gasteiger partial charge in [0, 0.05) is 24.7 Å². The highest BCUT2D eigenvalue weighted by atomic mass is 19.1. The number of aromatic amines is 1. The van der Waals surface area contributed by atoms with E-state index in [1.54, 1.807) is 23.2 Å². The summed E-state index contributed by atoms with van der Waals surface area (Å²) in [6, 6.07) is 4.74. The number of carbonyl (C=O) groups excluding carboxylic acids is 1. The number of halogens is 1. The van der Waals surface area contributed by atoms with Gasteiger partial charge in [0.25, 0.3) is 5.91 Å². The van der Waals surface area contributed by atoms with Gasteiger partial charge in [-0.05, 0) is 6.07 Å². The average Bonchev–Trinajstić information content (AvgIpc) is 2.84. The van der Waals surface area contributed by atoms with Crippen molar-refractivity contribution in [3.8, 4) is 0 Å². The molecule has 0 radical (unpaired) electrons. The summed E-state index contributed by atoms with van der Waals surface area (Å²) in [5.74, 6) is -0.413. The number of morpholine rings is 1. The van der Waals surface area contributed by atoms with Crippen molar-refractivity contribution in [2.75, 3.05) is 26.3 Å². The second kappa shape index (κ2) is 4.42. The molecule has 94 valence electrons. The Labute approximate surface area is 103 Å². The first kappa shape index (κ1) is 11.2. The molecule has 0 unspecified atom stereocenters. The summed E-state index contributed by atoms with van der Waals surface area (Å²) in [6.07, 6.45) is 1.57. The van der Waals surface area contributed by atoms with E-state index in [2.05, 4.69) is 4.98 Å². The summed E-state index contributed by atoms with van der Waals surface area (Å²) >= 11 is 0. The topological polar surface area (TPSA) is 45.3 Å². The number of hydrogen-bond acceptors (Lipinski definition) is 2. The minimum atomic E-state index is -0.339. The van der Waals surface area contributed by atoms with Gasteiger partial charge in [0.15, 0.2) is 0 Å². The molecule has 1 amide bonds. The number of carbonyl (C=O) groups is 1. The summed E-state index contributed by atoms with van der Waals surface area (Å²) in [5, 5.41) is 0.631. The molecule has 2 heterocycles. The van der Waals surface area contributed by atoms with Crippen LogP contribution in [0.4, 0.5) is 4.39 Å². The number of nitrogens with one attached hydrogen (secondary N) is 1. The number of rotatable bonds is 1. The van der Waals surface area contributed by atoms with Gasteiger partial charge in [0.1, 0.15) is 5.82 Å². The summed E-state index contributed by atoms with van der Waals surface area (Å²) < 4.78 is 18.7. The molecule has 0 aliphatic carbocycles. The quantitative estimate of drug-likeness (QED) is 0.836. The number of para-hydroxylation sites is 1. The molecule has 1 aliphatic rings. The lowest BCUT2D eigenvalue weighted by Crippen LogP contribution is -2.40. The van der Waals surface area contributed by atoms with Gasteiger partial charge in [0.05, 0.1) is 24.3 Å². The van der Waals surface area contributed by atoms with Crippen LogP contribution in [0.2, 0.25) is 0 Å². The van der Waals surface area contributed by atoms with Gasteiger partial charge in [-0.1, -0.05) is 12.1 Å². The third-order valence-electron chi connectivity index (χ3n) is 3.19. The van der Waals surface area contributed by atoms with E-state index in [0.717, 1.165) is 0 Å². The maximum Gasteiger partial charge on any atom is 0.256 e. The van der Waals surface area contributed by atoms with Crippen molar-refractivity contribution in [1.29, 1.82) is 0 Å². The molecular formula is C13H13FN2O2. The smallest absolute Gasteiger partial charge is 0.256 e. The standard InChI is InChI=1S/C13H13FN2O2/c14-11-3-1-2-9-10(8-15-12(9)11)13(17)16-4-6-18-7-5-16/h1-3,8,15H,4-7H2. The summed E-state index contributed by atoms with van der Waals surface area (Å²) in [6.45, 7) is 2.28. The predicted octanol–water partition coefficient (Wildman–Crippen LogP) is 1.78. The Balaban J connectivity index is 1.98. The molecule has 3 rings (SSSR count). The fraction of sp³-hybridized carbons (Fsp3) is 0.308. The van der Waals surface area contributed by atoms with E-state index in [0.29, 0.717) is 42.8 Å². The van der Waals surface area contributed by atoms with Crippen LogP contribution in [0.3, 0.4) is 0 Å². The number of H-pyrrole nitrogens is 1. The van der Waals surface area contributed by atoms with Gasteiger partial charge < -0.3 is 14.6 Å². The Bertz CT molecular complexity index is 588. The zero-order valence-electron chi connectivity index (χ0n) is 9.78. The minimum Gasteiger partial charge on any atom is -0.378 e. The van der Waals surface area contributed by atoms with Crippen molar-refractivity contribution in [1.82, 2.24) is 9.88 Å². The third kappa shape index (κ3) is 1.76. The van der Waals surface area contributed by atoms with Crippen molar-refractivity contribution in [3.63, 3.8) is 0 Å². The van der Waals surface area contributed by atoms with Gasteiger partial charge in [-0.2, -0.15) is 0 Å². The van der Waals surface area contributed by atoms with Crippen molar-refractivity contribution in [2.24, 2.45) is 0 Å². The second-order valence-electron chi connectivity index (χ2n) is 4.27. The molecule has 5 heteroatoms. The number of benzene rings is 1. The van der Waals surface area contributed by atoms with Crippen LogP contribution in [-0.2, 0) is 4.74 Å². The molecule has 1 aromatic heterocycles. The third-order valence-corrected chi connectivity index (χ3v) is 3.19. The van der Waals surface area contributed by atoms with Crippen LogP contribution in [-0.4, -0.2) is 42.1 Å². The molecule has 1 saturated heterocycles. The molecule has 18 heavy (non-hydrogen) atoms. The molecule has 4 nitrogen and oxygen atoms in total. The van der Waals surface area contributed by atoms with E-state index in [9.17, 15) is 9.18 Å². The lowest BCUT2D eigenvalue weighted by Gasteiger charge is -2.26. The Morgan fingerprint density at radius 2 is 2.11 bits per heavy atom. The molecule has 1 N–H and O–H groups in total.